The maximum Gasteiger partial charge on any atom is 0.194 e. The van der Waals surface area contributed by atoms with Gasteiger partial charge < -0.3 is 0 Å². The molecule has 116 valence electrons. The SMILES string of the molecule is c1ccc([P+](c2ccccc2)(c2ccccc2)c2ccn[nH]2)cc1. The predicted molar refractivity (Wildman–Crippen MR) is 103 cm³/mol. The maximum absolute atomic E-state index is 4.27. The Labute approximate surface area is 142 Å². The first-order valence-corrected chi connectivity index (χ1v) is 9.77. The highest BCUT2D eigenvalue weighted by Crippen LogP contribution is 2.53. The van der Waals surface area contributed by atoms with Crippen LogP contribution >= 0.6 is 7.26 Å². The molecular formula is C21H18N2P+. The molecule has 0 atom stereocenters. The van der Waals surface area contributed by atoms with E-state index >= 15 is 0 Å². The quantitative estimate of drug-likeness (QED) is 0.573. The summed E-state index contributed by atoms with van der Waals surface area (Å²) in [5.74, 6) is 0. The van der Waals surface area contributed by atoms with E-state index in [-0.39, 0.29) is 0 Å². The highest BCUT2D eigenvalue weighted by atomic mass is 31.2. The third-order valence-corrected chi connectivity index (χ3v) is 8.47. The van der Waals surface area contributed by atoms with Crippen molar-refractivity contribution in [3.8, 4) is 0 Å². The van der Waals surface area contributed by atoms with Crippen LogP contribution in [-0.4, -0.2) is 10.2 Å². The zero-order chi connectivity index (χ0) is 16.2. The summed E-state index contributed by atoms with van der Waals surface area (Å²) < 4.78 is 0. The van der Waals surface area contributed by atoms with Crippen molar-refractivity contribution in [2.45, 2.75) is 0 Å². The minimum Gasteiger partial charge on any atom is -0.247 e. The zero-order valence-electron chi connectivity index (χ0n) is 13.2. The number of nitrogens with zero attached hydrogens (tertiary/aromatic N) is 1. The van der Waals surface area contributed by atoms with Crippen molar-refractivity contribution >= 4 is 28.6 Å². The van der Waals surface area contributed by atoms with Crippen LogP contribution in [0, 0.1) is 0 Å². The number of rotatable bonds is 4. The van der Waals surface area contributed by atoms with Crippen molar-refractivity contribution in [3.05, 3.63) is 103 Å². The fourth-order valence-electron chi connectivity index (χ4n) is 3.25. The van der Waals surface area contributed by atoms with E-state index in [0.717, 1.165) is 0 Å². The van der Waals surface area contributed by atoms with Gasteiger partial charge in [-0.05, 0) is 36.4 Å². The monoisotopic (exact) mass is 329 g/mol. The van der Waals surface area contributed by atoms with Gasteiger partial charge in [0.15, 0.2) is 12.7 Å². The summed E-state index contributed by atoms with van der Waals surface area (Å²) in [5.41, 5.74) is 1.17. The third kappa shape index (κ3) is 2.36. The van der Waals surface area contributed by atoms with Crippen molar-refractivity contribution in [2.75, 3.05) is 0 Å². The number of benzene rings is 3. The first kappa shape index (κ1) is 14.9. The molecule has 0 fully saturated rings. The molecular weight excluding hydrogens is 311 g/mol. The van der Waals surface area contributed by atoms with Gasteiger partial charge in [0.2, 0.25) is 0 Å². The van der Waals surface area contributed by atoms with Crippen LogP contribution in [0.5, 0.6) is 0 Å². The minimum absolute atomic E-state index is 1.17. The molecule has 0 aliphatic rings. The van der Waals surface area contributed by atoms with Crippen molar-refractivity contribution < 1.29 is 0 Å². The van der Waals surface area contributed by atoms with Crippen molar-refractivity contribution in [2.24, 2.45) is 0 Å². The number of hydrogen-bond acceptors (Lipinski definition) is 1. The lowest BCUT2D eigenvalue weighted by Gasteiger charge is -2.25. The number of H-pyrrole nitrogens is 1. The van der Waals surface area contributed by atoms with E-state index in [2.05, 4.69) is 107 Å². The predicted octanol–water partition coefficient (Wildman–Crippen LogP) is 3.03. The minimum atomic E-state index is -1.98. The second-order valence-electron chi connectivity index (χ2n) is 5.62. The Morgan fingerprint density at radius 1 is 0.542 bits per heavy atom. The Morgan fingerprint density at radius 2 is 0.958 bits per heavy atom. The summed E-state index contributed by atoms with van der Waals surface area (Å²) in [4.78, 5) is 0. The molecule has 0 bridgehead atoms. The molecule has 0 saturated heterocycles. The van der Waals surface area contributed by atoms with Gasteiger partial charge in [-0.3, -0.25) is 0 Å². The second kappa shape index (κ2) is 6.43. The van der Waals surface area contributed by atoms with Crippen LogP contribution < -0.4 is 21.3 Å². The van der Waals surface area contributed by atoms with E-state index in [1.54, 1.807) is 0 Å². The standard InChI is InChI=1S/C21H18N2P/c1-4-10-18(11-5-1)24(21-16-17-22-23-21,19-12-6-2-7-13-19)20-14-8-3-9-15-20/h1-17H,(H,22,23)/q+1. The van der Waals surface area contributed by atoms with E-state index in [4.69, 9.17) is 0 Å². The van der Waals surface area contributed by atoms with E-state index in [9.17, 15) is 0 Å². The fourth-order valence-corrected chi connectivity index (χ4v) is 7.34. The summed E-state index contributed by atoms with van der Waals surface area (Å²) >= 11 is 0. The molecule has 0 spiro atoms. The van der Waals surface area contributed by atoms with Crippen LogP contribution in [-0.2, 0) is 0 Å². The molecule has 3 heteroatoms. The van der Waals surface area contributed by atoms with E-state index in [1.807, 2.05) is 6.20 Å². The van der Waals surface area contributed by atoms with Gasteiger partial charge in [0.1, 0.15) is 15.9 Å². The molecule has 0 saturated carbocycles. The van der Waals surface area contributed by atoms with Crippen LogP contribution in [0.4, 0.5) is 0 Å². The van der Waals surface area contributed by atoms with Crippen LogP contribution in [0.2, 0.25) is 0 Å². The van der Waals surface area contributed by atoms with Gasteiger partial charge >= 0.3 is 0 Å². The molecule has 4 rings (SSSR count). The normalized spacial score (nSPS) is 11.3. The molecule has 4 aromatic rings. The third-order valence-electron chi connectivity index (χ3n) is 4.28. The van der Waals surface area contributed by atoms with Crippen LogP contribution in [0.3, 0.4) is 0 Å². The number of hydrogen-bond donors (Lipinski definition) is 1. The molecule has 0 amide bonds. The van der Waals surface area contributed by atoms with Crippen molar-refractivity contribution in [3.63, 3.8) is 0 Å². The second-order valence-corrected chi connectivity index (χ2v) is 8.99. The maximum atomic E-state index is 4.27. The molecule has 2 nitrogen and oxygen atoms in total. The molecule has 1 N–H and O–H groups in total. The molecule has 1 heterocycles. The molecule has 3 aromatic carbocycles. The van der Waals surface area contributed by atoms with E-state index < -0.39 is 7.26 Å². The molecule has 0 aliphatic heterocycles. The average Bonchev–Trinajstić information content (AvgIpc) is 3.20. The lowest BCUT2D eigenvalue weighted by molar-refractivity contribution is 1.11. The summed E-state index contributed by atoms with van der Waals surface area (Å²) in [6.45, 7) is 0. The van der Waals surface area contributed by atoms with Gasteiger partial charge in [0.05, 0.1) is 6.20 Å². The average molecular weight is 329 g/mol. The summed E-state index contributed by atoms with van der Waals surface area (Å²) in [5, 5.41) is 11.5. The number of aromatic nitrogens is 2. The zero-order valence-corrected chi connectivity index (χ0v) is 14.1. The largest absolute Gasteiger partial charge is 0.247 e. The molecule has 1 aromatic heterocycles. The Kier molecular flexibility index (Phi) is 3.98. The Bertz CT molecular complexity index is 792. The first-order chi connectivity index (χ1) is 11.9. The fraction of sp³-hybridized carbons (Fsp3) is 0. The van der Waals surface area contributed by atoms with Gasteiger partial charge in [-0.1, -0.05) is 54.6 Å². The summed E-state index contributed by atoms with van der Waals surface area (Å²) in [6.07, 6.45) is 1.85. The van der Waals surface area contributed by atoms with Gasteiger partial charge in [-0.2, -0.15) is 5.10 Å². The van der Waals surface area contributed by atoms with Crippen LogP contribution in [0.25, 0.3) is 0 Å². The van der Waals surface area contributed by atoms with E-state index in [0.29, 0.717) is 0 Å². The molecule has 24 heavy (non-hydrogen) atoms. The summed E-state index contributed by atoms with van der Waals surface area (Å²) in [7, 11) is -1.98. The lowest BCUT2D eigenvalue weighted by Crippen LogP contribution is -2.39. The highest BCUT2D eigenvalue weighted by molar-refractivity contribution is 8.01. The summed E-state index contributed by atoms with van der Waals surface area (Å²) in [6, 6.07) is 34.4. The van der Waals surface area contributed by atoms with Crippen LogP contribution in [0.15, 0.2) is 103 Å². The Hall–Kier alpha value is -2.70. The number of aromatic amines is 1. The smallest absolute Gasteiger partial charge is 0.194 e. The Balaban J connectivity index is 2.12. The lowest BCUT2D eigenvalue weighted by atomic mass is 10.4. The van der Waals surface area contributed by atoms with Crippen molar-refractivity contribution in [1.29, 1.82) is 0 Å². The highest BCUT2D eigenvalue weighted by Gasteiger charge is 2.49. The Morgan fingerprint density at radius 3 is 1.29 bits per heavy atom. The van der Waals surface area contributed by atoms with E-state index in [1.165, 1.54) is 21.3 Å². The molecule has 0 unspecified atom stereocenters. The van der Waals surface area contributed by atoms with Gasteiger partial charge in [-0.15, -0.1) is 0 Å². The molecule has 0 radical (unpaired) electrons. The van der Waals surface area contributed by atoms with Gasteiger partial charge in [-0.25, -0.2) is 5.10 Å². The first-order valence-electron chi connectivity index (χ1n) is 7.98. The topological polar surface area (TPSA) is 28.7 Å². The van der Waals surface area contributed by atoms with Gasteiger partial charge in [0, 0.05) is 6.07 Å². The van der Waals surface area contributed by atoms with Gasteiger partial charge in [0.25, 0.3) is 0 Å². The number of nitrogens with one attached hydrogen (secondary N) is 1. The van der Waals surface area contributed by atoms with Crippen LogP contribution in [0.1, 0.15) is 0 Å². The van der Waals surface area contributed by atoms with Crippen molar-refractivity contribution in [1.82, 2.24) is 10.2 Å². The molecule has 0 aliphatic carbocycles.